The number of amidine groups is 1. The normalized spacial score (nSPS) is 25.0. The third kappa shape index (κ3) is 3.66. The first kappa shape index (κ1) is 16.7. The van der Waals surface area contributed by atoms with E-state index in [9.17, 15) is 4.79 Å². The standard InChI is InChI=1S/C18H28N2O3/c1-12(2)17(13(3)21)15-10-16(19-11-15)20-6-4-14(5-7-20)18-22-8-9-23-18/h10,12,14,17-18H,4-9,11H2,1-3H3. The minimum Gasteiger partial charge on any atom is -0.357 e. The molecule has 3 rings (SSSR count). The van der Waals surface area contributed by atoms with Crippen molar-refractivity contribution in [3.8, 4) is 0 Å². The van der Waals surface area contributed by atoms with Gasteiger partial charge in [-0.2, -0.15) is 0 Å². The van der Waals surface area contributed by atoms with Gasteiger partial charge in [0.15, 0.2) is 6.29 Å². The van der Waals surface area contributed by atoms with Crippen LogP contribution in [0.4, 0.5) is 0 Å². The lowest BCUT2D eigenvalue weighted by atomic mass is 9.85. The molecule has 0 aromatic carbocycles. The number of likely N-dealkylation sites (tertiary alicyclic amines) is 1. The van der Waals surface area contributed by atoms with Crippen LogP contribution in [0.25, 0.3) is 0 Å². The van der Waals surface area contributed by atoms with Gasteiger partial charge < -0.3 is 14.4 Å². The molecule has 5 heteroatoms. The lowest BCUT2D eigenvalue weighted by molar-refractivity contribution is -0.120. The van der Waals surface area contributed by atoms with Crippen LogP contribution >= 0.6 is 0 Å². The Morgan fingerprint density at radius 2 is 1.91 bits per heavy atom. The molecule has 0 saturated carbocycles. The Hall–Kier alpha value is -1.20. The summed E-state index contributed by atoms with van der Waals surface area (Å²) in [5.41, 5.74) is 1.17. The van der Waals surface area contributed by atoms with E-state index in [1.54, 1.807) is 6.92 Å². The molecular formula is C18H28N2O3. The molecular weight excluding hydrogens is 292 g/mol. The highest BCUT2D eigenvalue weighted by atomic mass is 16.7. The third-order valence-corrected chi connectivity index (χ3v) is 5.14. The van der Waals surface area contributed by atoms with Crippen molar-refractivity contribution < 1.29 is 14.3 Å². The van der Waals surface area contributed by atoms with Crippen molar-refractivity contribution in [2.45, 2.75) is 39.9 Å². The van der Waals surface area contributed by atoms with Crippen molar-refractivity contribution in [3.63, 3.8) is 0 Å². The highest BCUT2D eigenvalue weighted by molar-refractivity contribution is 5.97. The fourth-order valence-corrected chi connectivity index (χ4v) is 4.02. The van der Waals surface area contributed by atoms with Crippen molar-refractivity contribution in [2.24, 2.45) is 22.7 Å². The molecule has 0 bridgehead atoms. The third-order valence-electron chi connectivity index (χ3n) is 5.14. The van der Waals surface area contributed by atoms with E-state index in [-0.39, 0.29) is 18.0 Å². The topological polar surface area (TPSA) is 51.1 Å². The van der Waals surface area contributed by atoms with Crippen molar-refractivity contribution in [1.29, 1.82) is 0 Å². The fraction of sp³-hybridized carbons (Fsp3) is 0.778. The Morgan fingerprint density at radius 3 is 2.48 bits per heavy atom. The number of carbonyl (C=O) groups excluding carboxylic acids is 1. The summed E-state index contributed by atoms with van der Waals surface area (Å²) in [4.78, 5) is 18.9. The van der Waals surface area contributed by atoms with Gasteiger partial charge in [-0.15, -0.1) is 0 Å². The highest BCUT2D eigenvalue weighted by Crippen LogP contribution is 2.29. The zero-order valence-electron chi connectivity index (χ0n) is 14.5. The van der Waals surface area contributed by atoms with E-state index in [2.05, 4.69) is 29.8 Å². The molecule has 0 N–H and O–H groups in total. The van der Waals surface area contributed by atoms with Crippen LogP contribution in [0.15, 0.2) is 16.6 Å². The molecule has 0 spiro atoms. The molecule has 2 saturated heterocycles. The van der Waals surface area contributed by atoms with Crippen LogP contribution < -0.4 is 0 Å². The zero-order valence-corrected chi connectivity index (χ0v) is 14.5. The molecule has 0 radical (unpaired) electrons. The molecule has 5 nitrogen and oxygen atoms in total. The van der Waals surface area contributed by atoms with E-state index >= 15 is 0 Å². The number of nitrogens with zero attached hydrogens (tertiary/aromatic N) is 2. The molecule has 0 aliphatic carbocycles. The predicted molar refractivity (Wildman–Crippen MR) is 89.4 cm³/mol. The molecule has 0 aromatic heterocycles. The Morgan fingerprint density at radius 1 is 1.26 bits per heavy atom. The first-order valence-electron chi connectivity index (χ1n) is 8.79. The van der Waals surface area contributed by atoms with Gasteiger partial charge in [0.2, 0.25) is 0 Å². The van der Waals surface area contributed by atoms with E-state index in [0.29, 0.717) is 18.4 Å². The number of carbonyl (C=O) groups is 1. The molecule has 2 fully saturated rings. The van der Waals surface area contributed by atoms with Crippen molar-refractivity contribution >= 4 is 11.6 Å². The molecule has 3 heterocycles. The maximum absolute atomic E-state index is 11.9. The Labute approximate surface area is 138 Å². The zero-order chi connectivity index (χ0) is 16.4. The average molecular weight is 320 g/mol. The number of ether oxygens (including phenoxy) is 2. The Balaban J connectivity index is 1.57. The van der Waals surface area contributed by atoms with Gasteiger partial charge in [-0.25, -0.2) is 0 Å². The highest BCUT2D eigenvalue weighted by Gasteiger charge is 2.32. The van der Waals surface area contributed by atoms with Gasteiger partial charge in [-0.3, -0.25) is 9.79 Å². The molecule has 1 atom stereocenters. The van der Waals surface area contributed by atoms with Crippen molar-refractivity contribution in [3.05, 3.63) is 11.6 Å². The smallest absolute Gasteiger partial charge is 0.160 e. The maximum atomic E-state index is 11.9. The van der Waals surface area contributed by atoms with E-state index in [1.807, 2.05) is 0 Å². The van der Waals surface area contributed by atoms with Crippen LogP contribution in [0.1, 0.15) is 33.6 Å². The first-order chi connectivity index (χ1) is 11.1. The molecule has 0 amide bonds. The molecule has 0 aromatic rings. The van der Waals surface area contributed by atoms with Gasteiger partial charge in [0.25, 0.3) is 0 Å². The quantitative estimate of drug-likeness (QED) is 0.797. The molecule has 1 unspecified atom stereocenters. The van der Waals surface area contributed by atoms with Crippen LogP contribution in [-0.4, -0.2) is 55.7 Å². The van der Waals surface area contributed by atoms with E-state index < -0.39 is 0 Å². The summed E-state index contributed by atoms with van der Waals surface area (Å²) in [5, 5.41) is 0. The van der Waals surface area contributed by atoms with Crippen LogP contribution in [0, 0.1) is 17.8 Å². The van der Waals surface area contributed by atoms with E-state index in [0.717, 1.165) is 45.0 Å². The second kappa shape index (κ2) is 7.14. The lowest BCUT2D eigenvalue weighted by Gasteiger charge is -2.34. The summed E-state index contributed by atoms with van der Waals surface area (Å²) < 4.78 is 11.3. The largest absolute Gasteiger partial charge is 0.357 e. The number of hydrogen-bond acceptors (Lipinski definition) is 5. The molecule has 3 aliphatic rings. The maximum Gasteiger partial charge on any atom is 0.160 e. The van der Waals surface area contributed by atoms with Gasteiger partial charge in [0, 0.05) is 24.9 Å². The van der Waals surface area contributed by atoms with E-state index in [1.165, 1.54) is 5.57 Å². The van der Waals surface area contributed by atoms with Crippen molar-refractivity contribution in [1.82, 2.24) is 4.90 Å². The predicted octanol–water partition coefficient (Wildman–Crippen LogP) is 2.27. The number of aliphatic imine (C=N–C) groups is 1. The second-order valence-electron chi connectivity index (χ2n) is 7.16. The minimum atomic E-state index is -0.00296. The van der Waals surface area contributed by atoms with Crippen LogP contribution in [-0.2, 0) is 14.3 Å². The van der Waals surface area contributed by atoms with Crippen LogP contribution in [0.5, 0.6) is 0 Å². The Bertz CT molecular complexity index is 498. The molecule has 23 heavy (non-hydrogen) atoms. The second-order valence-corrected chi connectivity index (χ2v) is 7.16. The molecule has 3 aliphatic heterocycles. The van der Waals surface area contributed by atoms with Gasteiger partial charge in [-0.1, -0.05) is 13.8 Å². The monoisotopic (exact) mass is 320 g/mol. The summed E-state index contributed by atoms with van der Waals surface area (Å²) in [6.45, 7) is 10.0. The summed E-state index contributed by atoms with van der Waals surface area (Å²) in [5.74, 6) is 2.14. The fourth-order valence-electron chi connectivity index (χ4n) is 4.02. The summed E-state index contributed by atoms with van der Waals surface area (Å²) in [6.07, 6.45) is 4.30. The SMILES string of the molecule is CC(=O)C(C1=CC(N2CCC(C3OCCO3)CC2)=NC1)C(C)C. The van der Waals surface area contributed by atoms with Gasteiger partial charge in [0.05, 0.1) is 19.8 Å². The lowest BCUT2D eigenvalue weighted by Crippen LogP contribution is -2.40. The van der Waals surface area contributed by atoms with Crippen molar-refractivity contribution in [2.75, 3.05) is 32.8 Å². The summed E-state index contributed by atoms with van der Waals surface area (Å²) in [7, 11) is 0. The van der Waals surface area contributed by atoms with Crippen LogP contribution in [0.3, 0.4) is 0 Å². The van der Waals surface area contributed by atoms with E-state index in [4.69, 9.17) is 9.47 Å². The van der Waals surface area contributed by atoms with Gasteiger partial charge in [-0.05, 0) is 37.3 Å². The number of Topliss-reactive ketones (excluding diaryl/α,β-unsaturated/α-hetero) is 1. The van der Waals surface area contributed by atoms with Gasteiger partial charge >= 0.3 is 0 Å². The van der Waals surface area contributed by atoms with Crippen LogP contribution in [0.2, 0.25) is 0 Å². The average Bonchev–Trinajstić information content (AvgIpc) is 3.18. The van der Waals surface area contributed by atoms with Gasteiger partial charge in [0.1, 0.15) is 11.6 Å². The first-order valence-corrected chi connectivity index (χ1v) is 8.79. The molecule has 128 valence electrons. The number of rotatable bonds is 4. The number of hydrogen-bond donors (Lipinski definition) is 0. The number of piperidine rings is 1. The minimum absolute atomic E-state index is 0.00296. The summed E-state index contributed by atoms with van der Waals surface area (Å²) in [6, 6.07) is 0. The summed E-state index contributed by atoms with van der Waals surface area (Å²) >= 11 is 0. The number of ketones is 1. The Kier molecular flexibility index (Phi) is 5.17.